The topological polar surface area (TPSA) is 32.3 Å². The Labute approximate surface area is 126 Å². The molecule has 1 aromatic rings. The minimum atomic E-state index is -0.818. The zero-order valence-electron chi connectivity index (χ0n) is 13.2. The van der Waals surface area contributed by atoms with E-state index in [1.807, 2.05) is 25.8 Å². The van der Waals surface area contributed by atoms with E-state index >= 15 is 0 Å². The van der Waals surface area contributed by atoms with Crippen molar-refractivity contribution >= 4 is 5.91 Å². The molecule has 0 aliphatic carbocycles. The molecule has 0 radical (unpaired) electrons. The Balaban J connectivity index is 2.08. The summed E-state index contributed by atoms with van der Waals surface area (Å²) in [5.74, 6) is 0.354. The predicted molar refractivity (Wildman–Crippen MR) is 82.7 cm³/mol. The smallest absolute Gasteiger partial charge is 0.232 e. The largest absolute Gasteiger partial charge is 0.342 e. The van der Waals surface area contributed by atoms with Gasteiger partial charge in [0.05, 0.1) is 5.41 Å². The third-order valence-corrected chi connectivity index (χ3v) is 4.48. The van der Waals surface area contributed by atoms with Crippen molar-refractivity contribution in [2.24, 2.45) is 5.92 Å². The van der Waals surface area contributed by atoms with E-state index in [9.17, 15) is 9.18 Å². The van der Waals surface area contributed by atoms with Crippen LogP contribution in [-0.2, 0) is 10.2 Å². The summed E-state index contributed by atoms with van der Waals surface area (Å²) in [7, 11) is 1.96. The van der Waals surface area contributed by atoms with E-state index in [4.69, 9.17) is 0 Å². The van der Waals surface area contributed by atoms with Crippen molar-refractivity contribution < 1.29 is 9.18 Å². The van der Waals surface area contributed by atoms with Crippen LogP contribution in [0.5, 0.6) is 0 Å². The van der Waals surface area contributed by atoms with Gasteiger partial charge in [0.25, 0.3) is 0 Å². The lowest BCUT2D eigenvalue weighted by atomic mass is 9.82. The Morgan fingerprint density at radius 1 is 1.33 bits per heavy atom. The van der Waals surface area contributed by atoms with Crippen LogP contribution in [0.25, 0.3) is 0 Å². The summed E-state index contributed by atoms with van der Waals surface area (Å²) >= 11 is 0. The van der Waals surface area contributed by atoms with Crippen molar-refractivity contribution in [2.75, 3.05) is 26.7 Å². The fourth-order valence-electron chi connectivity index (χ4n) is 3.11. The van der Waals surface area contributed by atoms with E-state index in [1.54, 1.807) is 18.2 Å². The highest BCUT2D eigenvalue weighted by Gasteiger charge is 2.36. The molecule has 1 saturated heterocycles. The number of hydrogen-bond donors (Lipinski definition) is 1. The maximum absolute atomic E-state index is 14.0. The molecule has 0 saturated carbocycles. The molecule has 1 aliphatic rings. The van der Waals surface area contributed by atoms with Crippen molar-refractivity contribution in [3.05, 3.63) is 35.6 Å². The molecule has 0 atom stereocenters. The van der Waals surface area contributed by atoms with Crippen LogP contribution in [0.15, 0.2) is 24.3 Å². The molecule has 1 N–H and O–H groups in total. The molecule has 1 fully saturated rings. The van der Waals surface area contributed by atoms with Gasteiger partial charge in [-0.1, -0.05) is 18.2 Å². The van der Waals surface area contributed by atoms with Crippen LogP contribution in [-0.4, -0.2) is 37.5 Å². The molecular formula is C17H25FN2O. The normalized spacial score (nSPS) is 17.0. The molecule has 0 aromatic heterocycles. The lowest BCUT2D eigenvalue weighted by Gasteiger charge is -2.37. The molecule has 2 rings (SSSR count). The number of nitrogens with one attached hydrogen (secondary N) is 1. The van der Waals surface area contributed by atoms with Crippen molar-refractivity contribution in [1.82, 2.24) is 10.2 Å². The lowest BCUT2D eigenvalue weighted by Crippen LogP contribution is -2.48. The monoisotopic (exact) mass is 292 g/mol. The van der Waals surface area contributed by atoms with E-state index in [2.05, 4.69) is 5.32 Å². The number of piperidine rings is 1. The highest BCUT2D eigenvalue weighted by molar-refractivity contribution is 5.87. The molecule has 0 unspecified atom stereocenters. The van der Waals surface area contributed by atoms with Gasteiger partial charge in [0.15, 0.2) is 0 Å². The molecule has 116 valence electrons. The minimum Gasteiger partial charge on any atom is -0.342 e. The van der Waals surface area contributed by atoms with Gasteiger partial charge in [0.1, 0.15) is 5.82 Å². The summed E-state index contributed by atoms with van der Waals surface area (Å²) < 4.78 is 14.0. The van der Waals surface area contributed by atoms with Gasteiger partial charge in [-0.25, -0.2) is 4.39 Å². The van der Waals surface area contributed by atoms with Crippen molar-refractivity contribution in [3.8, 4) is 0 Å². The quantitative estimate of drug-likeness (QED) is 0.925. The first-order valence-corrected chi connectivity index (χ1v) is 7.65. The van der Waals surface area contributed by atoms with Crippen molar-refractivity contribution in [3.63, 3.8) is 0 Å². The second kappa shape index (κ2) is 6.56. The highest BCUT2D eigenvalue weighted by Crippen LogP contribution is 2.29. The van der Waals surface area contributed by atoms with Gasteiger partial charge >= 0.3 is 0 Å². The summed E-state index contributed by atoms with van der Waals surface area (Å²) in [6.45, 7) is 6.16. The molecule has 1 amide bonds. The van der Waals surface area contributed by atoms with Gasteiger partial charge in [-0.2, -0.15) is 0 Å². The molecule has 1 heterocycles. The van der Waals surface area contributed by atoms with Crippen LogP contribution in [0.3, 0.4) is 0 Å². The third kappa shape index (κ3) is 3.43. The first kappa shape index (κ1) is 16.0. The zero-order valence-corrected chi connectivity index (χ0v) is 13.2. The lowest BCUT2D eigenvalue weighted by molar-refractivity contribution is -0.137. The zero-order chi connectivity index (χ0) is 15.5. The summed E-state index contributed by atoms with van der Waals surface area (Å²) in [5, 5.41) is 3.19. The van der Waals surface area contributed by atoms with E-state index in [0.717, 1.165) is 32.5 Å². The summed E-state index contributed by atoms with van der Waals surface area (Å²) in [5.41, 5.74) is -0.339. The number of benzene rings is 1. The van der Waals surface area contributed by atoms with Gasteiger partial charge in [0.2, 0.25) is 5.91 Å². The van der Waals surface area contributed by atoms with Crippen LogP contribution in [0.4, 0.5) is 4.39 Å². The Morgan fingerprint density at radius 2 is 1.95 bits per heavy atom. The fraction of sp³-hybridized carbons (Fsp3) is 0.588. The number of rotatable bonds is 4. The number of halogens is 1. The number of carbonyl (C=O) groups is 1. The van der Waals surface area contributed by atoms with E-state index in [0.29, 0.717) is 11.5 Å². The van der Waals surface area contributed by atoms with Gasteiger partial charge in [0, 0.05) is 18.7 Å². The molecule has 1 aliphatic heterocycles. The van der Waals surface area contributed by atoms with E-state index in [-0.39, 0.29) is 11.7 Å². The summed E-state index contributed by atoms with van der Waals surface area (Å²) in [4.78, 5) is 14.7. The molecule has 0 bridgehead atoms. The fourth-order valence-corrected chi connectivity index (χ4v) is 3.11. The van der Waals surface area contributed by atoms with Crippen LogP contribution >= 0.6 is 0 Å². The summed E-state index contributed by atoms with van der Waals surface area (Å²) in [6, 6.07) is 6.57. The molecule has 3 nitrogen and oxygen atoms in total. The third-order valence-electron chi connectivity index (χ3n) is 4.48. The van der Waals surface area contributed by atoms with Crippen LogP contribution in [0, 0.1) is 11.7 Å². The Morgan fingerprint density at radius 3 is 2.52 bits per heavy atom. The van der Waals surface area contributed by atoms with E-state index < -0.39 is 5.41 Å². The van der Waals surface area contributed by atoms with Gasteiger partial charge in [-0.05, 0) is 52.3 Å². The van der Waals surface area contributed by atoms with Crippen LogP contribution in [0.2, 0.25) is 0 Å². The minimum absolute atomic E-state index is 0.0236. The molecule has 1 aromatic carbocycles. The predicted octanol–water partition coefficient (Wildman–Crippen LogP) is 2.56. The molecule has 4 heteroatoms. The van der Waals surface area contributed by atoms with Gasteiger partial charge < -0.3 is 10.2 Å². The number of carbonyl (C=O) groups excluding carboxylic acids is 1. The van der Waals surface area contributed by atoms with Gasteiger partial charge in [-0.3, -0.25) is 4.79 Å². The Hall–Kier alpha value is -1.42. The van der Waals surface area contributed by atoms with Gasteiger partial charge in [-0.15, -0.1) is 0 Å². The second-order valence-electron chi connectivity index (χ2n) is 6.40. The SMILES string of the molecule is CNCC1CCN(C(=O)C(C)(C)c2ccccc2F)CC1. The average Bonchev–Trinajstić information content (AvgIpc) is 2.48. The van der Waals surface area contributed by atoms with Crippen molar-refractivity contribution in [1.29, 1.82) is 0 Å². The van der Waals surface area contributed by atoms with Crippen LogP contribution < -0.4 is 5.32 Å². The average molecular weight is 292 g/mol. The maximum atomic E-state index is 14.0. The standard InChI is InChI=1S/C17H25FN2O/c1-17(2,14-6-4-5-7-15(14)18)16(21)20-10-8-13(9-11-20)12-19-3/h4-7,13,19H,8-12H2,1-3H3. The number of likely N-dealkylation sites (tertiary alicyclic amines) is 1. The summed E-state index contributed by atoms with van der Waals surface area (Å²) in [6.07, 6.45) is 2.03. The van der Waals surface area contributed by atoms with E-state index in [1.165, 1.54) is 6.07 Å². The first-order valence-electron chi connectivity index (χ1n) is 7.65. The maximum Gasteiger partial charge on any atom is 0.232 e. The highest BCUT2D eigenvalue weighted by atomic mass is 19.1. The second-order valence-corrected chi connectivity index (χ2v) is 6.40. The number of nitrogens with zero attached hydrogens (tertiary/aromatic N) is 1. The molecule has 21 heavy (non-hydrogen) atoms. The molecule has 0 spiro atoms. The Bertz CT molecular complexity index is 493. The number of amides is 1. The molecular weight excluding hydrogens is 267 g/mol. The number of hydrogen-bond acceptors (Lipinski definition) is 2. The van der Waals surface area contributed by atoms with Crippen LogP contribution in [0.1, 0.15) is 32.3 Å². The first-order chi connectivity index (χ1) is 9.96. The Kier molecular flexibility index (Phi) is 4.99. The van der Waals surface area contributed by atoms with Crippen molar-refractivity contribution in [2.45, 2.75) is 32.1 Å².